The quantitative estimate of drug-likeness (QED) is 0.760. The fourth-order valence-corrected chi connectivity index (χ4v) is 5.31. The van der Waals surface area contributed by atoms with Crippen molar-refractivity contribution in [1.29, 1.82) is 0 Å². The molecule has 4 heterocycles. The van der Waals surface area contributed by atoms with E-state index in [1.54, 1.807) is 0 Å². The number of aromatic nitrogens is 1. The van der Waals surface area contributed by atoms with Gasteiger partial charge in [0.15, 0.2) is 0 Å². The number of nitrogens with zero attached hydrogens (tertiary/aromatic N) is 4. The lowest BCUT2D eigenvalue weighted by Crippen LogP contribution is -2.46. The molecule has 0 spiro atoms. The number of hydrogen-bond acceptors (Lipinski definition) is 4. The van der Waals surface area contributed by atoms with E-state index in [0.717, 1.165) is 81.4 Å². The number of para-hydroxylation sites is 1. The molecule has 0 unspecified atom stereocenters. The molecule has 1 aromatic heterocycles. The maximum absolute atomic E-state index is 13.6. The molecular formula is C25H32N4O2. The lowest BCUT2D eigenvalue weighted by molar-refractivity contribution is -0.137. The van der Waals surface area contributed by atoms with Gasteiger partial charge in [0.1, 0.15) is 5.82 Å². The van der Waals surface area contributed by atoms with E-state index >= 15 is 0 Å². The number of anilines is 1. The Labute approximate surface area is 184 Å². The minimum absolute atomic E-state index is 0.0593. The molecule has 2 aromatic rings. The number of carbonyl (C=O) groups excluding carboxylic acids is 2. The lowest BCUT2D eigenvalue weighted by atomic mass is 9.94. The smallest absolute Gasteiger partial charge is 0.257 e. The summed E-state index contributed by atoms with van der Waals surface area (Å²) in [5, 5.41) is 1.00. The van der Waals surface area contributed by atoms with Crippen molar-refractivity contribution in [2.45, 2.75) is 44.9 Å². The van der Waals surface area contributed by atoms with E-state index in [9.17, 15) is 9.59 Å². The largest absolute Gasteiger partial charge is 0.356 e. The summed E-state index contributed by atoms with van der Waals surface area (Å²) in [7, 11) is 0. The molecule has 0 aliphatic carbocycles. The molecule has 3 fully saturated rings. The third-order valence-electron chi connectivity index (χ3n) is 7.14. The molecular weight excluding hydrogens is 388 g/mol. The zero-order valence-corrected chi connectivity index (χ0v) is 18.3. The third-order valence-corrected chi connectivity index (χ3v) is 7.14. The molecule has 0 radical (unpaired) electrons. The molecule has 2 amide bonds. The van der Waals surface area contributed by atoms with Crippen LogP contribution in [0.5, 0.6) is 0 Å². The zero-order valence-electron chi connectivity index (χ0n) is 18.3. The first-order valence-electron chi connectivity index (χ1n) is 11.9. The minimum Gasteiger partial charge on any atom is -0.356 e. The molecule has 1 aromatic carbocycles. The first kappa shape index (κ1) is 20.3. The van der Waals surface area contributed by atoms with Crippen molar-refractivity contribution < 1.29 is 9.59 Å². The molecule has 3 aliphatic heterocycles. The summed E-state index contributed by atoms with van der Waals surface area (Å²) in [4.78, 5) is 37.6. The maximum atomic E-state index is 13.6. The standard InChI is InChI=1S/C25H32N4O2/c30-24(28-14-4-1-5-15-28)19-10-16-29(17-11-19)25(31)21-18-20-8-2-3-9-22(20)26-23(21)27-12-6-7-13-27/h2-3,8-9,18-19H,1,4-7,10-17H2. The average Bonchev–Trinajstić information content (AvgIpc) is 3.38. The highest BCUT2D eigenvalue weighted by Crippen LogP contribution is 2.29. The highest BCUT2D eigenvalue weighted by atomic mass is 16.2. The van der Waals surface area contributed by atoms with E-state index in [-0.39, 0.29) is 11.8 Å². The SMILES string of the molecule is O=C(c1cc2ccccc2nc1N1CCCC1)N1CCC(C(=O)N2CCCCC2)CC1. The number of pyridine rings is 1. The van der Waals surface area contributed by atoms with Crippen LogP contribution in [0.2, 0.25) is 0 Å². The highest BCUT2D eigenvalue weighted by Gasteiger charge is 2.32. The lowest BCUT2D eigenvalue weighted by Gasteiger charge is -2.36. The van der Waals surface area contributed by atoms with Crippen LogP contribution < -0.4 is 4.90 Å². The van der Waals surface area contributed by atoms with Crippen molar-refractivity contribution in [2.24, 2.45) is 5.92 Å². The summed E-state index contributed by atoms with van der Waals surface area (Å²) in [5.74, 6) is 1.25. The van der Waals surface area contributed by atoms with Gasteiger partial charge in [0, 0.05) is 50.6 Å². The fraction of sp³-hybridized carbons (Fsp3) is 0.560. The molecule has 0 bridgehead atoms. The van der Waals surface area contributed by atoms with Crippen LogP contribution in [-0.4, -0.2) is 65.9 Å². The summed E-state index contributed by atoms with van der Waals surface area (Å²) in [6.07, 6.45) is 7.30. The molecule has 31 heavy (non-hydrogen) atoms. The van der Waals surface area contributed by atoms with Crippen LogP contribution in [-0.2, 0) is 4.79 Å². The van der Waals surface area contributed by atoms with Crippen LogP contribution in [0.25, 0.3) is 10.9 Å². The normalized spacial score (nSPS) is 20.5. The number of amides is 2. The third kappa shape index (κ3) is 4.12. The highest BCUT2D eigenvalue weighted by molar-refractivity contribution is 6.02. The molecule has 164 valence electrons. The maximum Gasteiger partial charge on any atom is 0.257 e. The van der Waals surface area contributed by atoms with Gasteiger partial charge in [-0.15, -0.1) is 0 Å². The van der Waals surface area contributed by atoms with Crippen LogP contribution in [0, 0.1) is 5.92 Å². The fourth-order valence-electron chi connectivity index (χ4n) is 5.31. The van der Waals surface area contributed by atoms with Gasteiger partial charge in [-0.3, -0.25) is 9.59 Å². The zero-order chi connectivity index (χ0) is 21.2. The second kappa shape index (κ2) is 8.85. The van der Waals surface area contributed by atoms with E-state index in [1.807, 2.05) is 40.1 Å². The van der Waals surface area contributed by atoms with Gasteiger partial charge in [-0.1, -0.05) is 18.2 Å². The van der Waals surface area contributed by atoms with Gasteiger partial charge in [0.25, 0.3) is 5.91 Å². The van der Waals surface area contributed by atoms with E-state index in [2.05, 4.69) is 4.90 Å². The first-order chi connectivity index (χ1) is 15.2. The van der Waals surface area contributed by atoms with Crippen molar-refractivity contribution in [3.63, 3.8) is 0 Å². The number of likely N-dealkylation sites (tertiary alicyclic amines) is 2. The van der Waals surface area contributed by atoms with Crippen molar-refractivity contribution in [3.05, 3.63) is 35.9 Å². The topological polar surface area (TPSA) is 56.8 Å². The number of piperidine rings is 2. The monoisotopic (exact) mass is 420 g/mol. The summed E-state index contributed by atoms with van der Waals surface area (Å²) >= 11 is 0. The van der Waals surface area contributed by atoms with Gasteiger partial charge < -0.3 is 14.7 Å². The second-order valence-corrected chi connectivity index (χ2v) is 9.20. The number of carbonyl (C=O) groups is 2. The number of rotatable bonds is 3. The van der Waals surface area contributed by atoms with E-state index < -0.39 is 0 Å². The molecule has 6 nitrogen and oxygen atoms in total. The van der Waals surface area contributed by atoms with Gasteiger partial charge >= 0.3 is 0 Å². The Bertz CT molecular complexity index is 955. The van der Waals surface area contributed by atoms with Crippen molar-refractivity contribution in [2.75, 3.05) is 44.2 Å². The van der Waals surface area contributed by atoms with Gasteiger partial charge in [-0.25, -0.2) is 4.98 Å². The van der Waals surface area contributed by atoms with Gasteiger partial charge in [-0.05, 0) is 57.1 Å². The van der Waals surface area contributed by atoms with Gasteiger partial charge in [0.2, 0.25) is 5.91 Å². The van der Waals surface area contributed by atoms with Crippen molar-refractivity contribution in [1.82, 2.24) is 14.8 Å². The second-order valence-electron chi connectivity index (χ2n) is 9.20. The number of benzene rings is 1. The predicted molar refractivity (Wildman–Crippen MR) is 122 cm³/mol. The van der Waals surface area contributed by atoms with Gasteiger partial charge in [0.05, 0.1) is 11.1 Å². The molecule has 3 aliphatic rings. The van der Waals surface area contributed by atoms with Crippen molar-refractivity contribution >= 4 is 28.5 Å². The number of hydrogen-bond donors (Lipinski definition) is 0. The Morgan fingerprint density at radius 3 is 2.23 bits per heavy atom. The summed E-state index contributed by atoms with van der Waals surface area (Å²) in [6, 6.07) is 10.0. The molecule has 3 saturated heterocycles. The molecule has 0 atom stereocenters. The Morgan fingerprint density at radius 2 is 1.48 bits per heavy atom. The van der Waals surface area contributed by atoms with E-state index in [4.69, 9.17) is 4.98 Å². The van der Waals surface area contributed by atoms with Gasteiger partial charge in [-0.2, -0.15) is 0 Å². The van der Waals surface area contributed by atoms with Crippen LogP contribution in [0.15, 0.2) is 30.3 Å². The number of fused-ring (bicyclic) bond motifs is 1. The Morgan fingerprint density at radius 1 is 0.806 bits per heavy atom. The van der Waals surface area contributed by atoms with Crippen LogP contribution in [0.1, 0.15) is 55.3 Å². The predicted octanol–water partition coefficient (Wildman–Crippen LogP) is 3.70. The summed E-state index contributed by atoms with van der Waals surface area (Å²) in [6.45, 7) is 5.01. The van der Waals surface area contributed by atoms with Crippen molar-refractivity contribution in [3.8, 4) is 0 Å². The Balaban J connectivity index is 1.33. The summed E-state index contributed by atoms with van der Waals surface area (Å²) in [5.41, 5.74) is 1.65. The summed E-state index contributed by atoms with van der Waals surface area (Å²) < 4.78 is 0. The molecule has 5 rings (SSSR count). The first-order valence-corrected chi connectivity index (χ1v) is 11.9. The van der Waals surface area contributed by atoms with Crippen LogP contribution in [0.3, 0.4) is 0 Å². The Hall–Kier alpha value is -2.63. The minimum atomic E-state index is 0.0593. The van der Waals surface area contributed by atoms with Crippen LogP contribution >= 0.6 is 0 Å². The molecule has 6 heteroatoms. The average molecular weight is 421 g/mol. The molecule has 0 saturated carbocycles. The van der Waals surface area contributed by atoms with Crippen LogP contribution in [0.4, 0.5) is 5.82 Å². The Kier molecular flexibility index (Phi) is 5.79. The van der Waals surface area contributed by atoms with E-state index in [1.165, 1.54) is 6.42 Å². The molecule has 0 N–H and O–H groups in total. The van der Waals surface area contributed by atoms with E-state index in [0.29, 0.717) is 24.6 Å².